The Morgan fingerprint density at radius 2 is 1.82 bits per heavy atom. The Bertz CT molecular complexity index is 1060. The number of hydrogen-bond donors (Lipinski definition) is 0. The van der Waals surface area contributed by atoms with E-state index < -0.39 is 0 Å². The minimum absolute atomic E-state index is 0.0286. The number of ether oxygens (including phenoxy) is 2. The van der Waals surface area contributed by atoms with Gasteiger partial charge in [0, 0.05) is 49.7 Å². The van der Waals surface area contributed by atoms with Gasteiger partial charge in [0.2, 0.25) is 5.91 Å². The number of hydrogen-bond acceptors (Lipinski definition) is 7. The number of nitrogens with zero attached hydrogens (tertiary/aromatic N) is 4. The maximum atomic E-state index is 13.1. The summed E-state index contributed by atoms with van der Waals surface area (Å²) in [6, 6.07) is 7.97. The normalized spacial score (nSPS) is 17.6. The molecule has 0 unspecified atom stereocenters. The van der Waals surface area contributed by atoms with E-state index >= 15 is 0 Å². The highest BCUT2D eigenvalue weighted by atomic mass is 16.5. The second-order valence-electron chi connectivity index (χ2n) is 8.63. The lowest BCUT2D eigenvalue weighted by Gasteiger charge is -2.38. The first-order valence-electron chi connectivity index (χ1n) is 11.6. The first-order chi connectivity index (χ1) is 16.0. The summed E-state index contributed by atoms with van der Waals surface area (Å²) in [5.41, 5.74) is 2.20. The highest BCUT2D eigenvalue weighted by molar-refractivity contribution is 5.95. The Labute approximate surface area is 194 Å². The van der Waals surface area contributed by atoms with Crippen molar-refractivity contribution in [3.63, 3.8) is 0 Å². The zero-order valence-corrected chi connectivity index (χ0v) is 19.2. The molecule has 0 bridgehead atoms. The van der Waals surface area contributed by atoms with Crippen molar-refractivity contribution >= 4 is 28.5 Å². The summed E-state index contributed by atoms with van der Waals surface area (Å²) in [6.45, 7) is 4.83. The van der Waals surface area contributed by atoms with Crippen LogP contribution in [0.15, 0.2) is 24.4 Å². The van der Waals surface area contributed by atoms with E-state index in [-0.39, 0.29) is 23.7 Å². The summed E-state index contributed by atoms with van der Waals surface area (Å²) in [5, 5.41) is 10.6. The molecule has 1 aromatic carbocycles. The maximum Gasteiger partial charge on any atom is 0.309 e. The molecule has 2 fully saturated rings. The molecular formula is C25H30N4O4. The van der Waals surface area contributed by atoms with E-state index in [1.165, 1.54) is 0 Å². The molecule has 2 aromatic rings. The maximum absolute atomic E-state index is 13.1. The summed E-state index contributed by atoms with van der Waals surface area (Å²) >= 11 is 0. The average molecular weight is 451 g/mol. The molecule has 0 atom stereocenters. The van der Waals surface area contributed by atoms with Crippen molar-refractivity contribution in [3.05, 3.63) is 30.0 Å². The number of aromatic nitrogens is 1. The van der Waals surface area contributed by atoms with E-state index in [0.29, 0.717) is 51.2 Å². The molecule has 2 saturated heterocycles. The predicted octanol–water partition coefficient (Wildman–Crippen LogP) is 3.13. The van der Waals surface area contributed by atoms with Gasteiger partial charge in [-0.2, -0.15) is 5.26 Å². The van der Waals surface area contributed by atoms with Crippen LogP contribution in [0.5, 0.6) is 5.75 Å². The fourth-order valence-corrected chi connectivity index (χ4v) is 4.91. The highest BCUT2D eigenvalue weighted by Gasteiger charge is 2.33. The van der Waals surface area contributed by atoms with E-state index in [1.54, 1.807) is 13.3 Å². The van der Waals surface area contributed by atoms with E-state index in [1.807, 2.05) is 30.0 Å². The van der Waals surface area contributed by atoms with Gasteiger partial charge in [0.1, 0.15) is 11.8 Å². The lowest BCUT2D eigenvalue weighted by molar-refractivity contribution is -0.151. The Hall–Kier alpha value is -3.34. The van der Waals surface area contributed by atoms with E-state index in [2.05, 4.69) is 16.0 Å². The van der Waals surface area contributed by atoms with Gasteiger partial charge in [-0.15, -0.1) is 0 Å². The lowest BCUT2D eigenvalue weighted by Crippen LogP contribution is -2.46. The number of likely N-dealkylation sites (tertiary alicyclic amines) is 1. The molecule has 3 heterocycles. The van der Waals surface area contributed by atoms with Crippen molar-refractivity contribution in [1.82, 2.24) is 9.88 Å². The first-order valence-corrected chi connectivity index (χ1v) is 11.6. The number of amides is 1. The second-order valence-corrected chi connectivity index (χ2v) is 8.63. The van der Waals surface area contributed by atoms with Crippen LogP contribution in [0.3, 0.4) is 0 Å². The van der Waals surface area contributed by atoms with Crippen LogP contribution in [0.4, 0.5) is 5.69 Å². The fourth-order valence-electron chi connectivity index (χ4n) is 4.91. The largest absolute Gasteiger partial charge is 0.497 e. The number of benzene rings is 1. The number of pyridine rings is 1. The standard InChI is InChI=1S/C25H30N4O4/c1-3-33-25(31)18-8-12-29(13-9-18)24(30)17-6-10-28(11-7-17)23-19(15-26)16-27-22-14-20(32-2)4-5-21(22)23/h4-5,14,16-18H,3,6-13H2,1-2H3. The topological polar surface area (TPSA) is 95.8 Å². The van der Waals surface area contributed by atoms with Crippen LogP contribution in [-0.4, -0.2) is 61.7 Å². The number of carbonyl (C=O) groups excluding carboxylic acids is 2. The molecule has 0 radical (unpaired) electrons. The van der Waals surface area contributed by atoms with Gasteiger partial charge in [-0.3, -0.25) is 14.6 Å². The Morgan fingerprint density at radius 1 is 1.12 bits per heavy atom. The molecule has 0 saturated carbocycles. The molecule has 0 N–H and O–H groups in total. The zero-order valence-electron chi connectivity index (χ0n) is 19.2. The minimum Gasteiger partial charge on any atom is -0.497 e. The molecule has 4 rings (SSSR count). The fraction of sp³-hybridized carbons (Fsp3) is 0.520. The Balaban J connectivity index is 1.41. The number of fused-ring (bicyclic) bond motifs is 1. The molecular weight excluding hydrogens is 420 g/mol. The number of methoxy groups -OCH3 is 1. The first kappa shape index (κ1) is 22.8. The van der Waals surface area contributed by atoms with E-state index in [0.717, 1.165) is 35.2 Å². The molecule has 0 aliphatic carbocycles. The molecule has 33 heavy (non-hydrogen) atoms. The van der Waals surface area contributed by atoms with Crippen molar-refractivity contribution in [2.75, 3.05) is 44.8 Å². The summed E-state index contributed by atoms with van der Waals surface area (Å²) < 4.78 is 10.4. The monoisotopic (exact) mass is 450 g/mol. The third kappa shape index (κ3) is 4.72. The van der Waals surface area contributed by atoms with Crippen molar-refractivity contribution < 1.29 is 19.1 Å². The van der Waals surface area contributed by atoms with Crippen LogP contribution in [0.25, 0.3) is 10.9 Å². The smallest absolute Gasteiger partial charge is 0.309 e. The molecule has 1 aromatic heterocycles. The summed E-state index contributed by atoms with van der Waals surface area (Å²) in [6.07, 6.45) is 4.42. The number of piperidine rings is 2. The number of nitriles is 1. The van der Waals surface area contributed by atoms with Crippen LogP contribution in [0.2, 0.25) is 0 Å². The summed E-state index contributed by atoms with van der Waals surface area (Å²) in [5.74, 6) is 0.634. The van der Waals surface area contributed by atoms with Gasteiger partial charge in [-0.25, -0.2) is 0 Å². The third-order valence-corrected chi connectivity index (χ3v) is 6.76. The van der Waals surface area contributed by atoms with Gasteiger partial charge >= 0.3 is 5.97 Å². The van der Waals surface area contributed by atoms with Crippen LogP contribution >= 0.6 is 0 Å². The van der Waals surface area contributed by atoms with Crippen LogP contribution in [0.1, 0.15) is 38.2 Å². The van der Waals surface area contributed by atoms with Gasteiger partial charge in [0.25, 0.3) is 0 Å². The van der Waals surface area contributed by atoms with Crippen molar-refractivity contribution in [1.29, 1.82) is 5.26 Å². The molecule has 8 nitrogen and oxygen atoms in total. The molecule has 2 aliphatic heterocycles. The molecule has 1 amide bonds. The number of esters is 1. The van der Waals surface area contributed by atoms with Gasteiger partial charge in [0.15, 0.2) is 0 Å². The van der Waals surface area contributed by atoms with Gasteiger partial charge < -0.3 is 19.3 Å². The molecule has 8 heteroatoms. The zero-order chi connectivity index (χ0) is 23.4. The van der Waals surface area contributed by atoms with Crippen molar-refractivity contribution in [3.8, 4) is 11.8 Å². The second kappa shape index (κ2) is 10.1. The molecule has 174 valence electrons. The lowest BCUT2D eigenvalue weighted by atomic mass is 9.91. The van der Waals surface area contributed by atoms with E-state index in [9.17, 15) is 14.9 Å². The number of anilines is 1. The summed E-state index contributed by atoms with van der Waals surface area (Å²) in [4.78, 5) is 33.6. The van der Waals surface area contributed by atoms with Crippen molar-refractivity contribution in [2.45, 2.75) is 32.6 Å². The van der Waals surface area contributed by atoms with Gasteiger partial charge in [-0.1, -0.05) is 0 Å². The average Bonchev–Trinajstić information content (AvgIpc) is 2.87. The van der Waals surface area contributed by atoms with Gasteiger partial charge in [0.05, 0.1) is 36.4 Å². The van der Waals surface area contributed by atoms with E-state index in [4.69, 9.17) is 9.47 Å². The van der Waals surface area contributed by atoms with Gasteiger partial charge in [-0.05, 0) is 44.7 Å². The van der Waals surface area contributed by atoms with Crippen LogP contribution < -0.4 is 9.64 Å². The Kier molecular flexibility index (Phi) is 6.97. The molecule has 0 spiro atoms. The number of carbonyl (C=O) groups is 2. The van der Waals surface area contributed by atoms with Crippen molar-refractivity contribution in [2.24, 2.45) is 11.8 Å². The predicted molar refractivity (Wildman–Crippen MR) is 124 cm³/mol. The Morgan fingerprint density at radius 3 is 2.45 bits per heavy atom. The quantitative estimate of drug-likeness (QED) is 0.646. The van der Waals surface area contributed by atoms with Crippen LogP contribution in [0, 0.1) is 23.2 Å². The number of rotatable bonds is 5. The highest BCUT2D eigenvalue weighted by Crippen LogP contribution is 2.34. The third-order valence-electron chi connectivity index (χ3n) is 6.76. The summed E-state index contributed by atoms with van der Waals surface area (Å²) in [7, 11) is 1.62. The minimum atomic E-state index is -0.145. The molecule has 2 aliphatic rings. The van der Waals surface area contributed by atoms with Crippen LogP contribution in [-0.2, 0) is 14.3 Å². The SMILES string of the molecule is CCOC(=O)C1CCN(C(=O)C2CCN(c3c(C#N)cnc4cc(OC)ccc34)CC2)CC1.